The third-order valence-corrected chi connectivity index (χ3v) is 3.40. The highest BCUT2D eigenvalue weighted by Gasteiger charge is 2.17. The summed E-state index contributed by atoms with van der Waals surface area (Å²) >= 11 is 12.0. The molecule has 1 atom stereocenters. The van der Waals surface area contributed by atoms with Crippen molar-refractivity contribution in [2.24, 2.45) is 5.73 Å². The molecule has 0 amide bonds. The summed E-state index contributed by atoms with van der Waals surface area (Å²) in [5.74, 6) is 0.188. The number of halogens is 3. The minimum atomic E-state index is -0.614. The van der Waals surface area contributed by atoms with Crippen molar-refractivity contribution >= 4 is 23.2 Å². The van der Waals surface area contributed by atoms with Gasteiger partial charge in [-0.1, -0.05) is 23.2 Å². The number of nitrogens with two attached hydrogens (primary N) is 1. The van der Waals surface area contributed by atoms with E-state index >= 15 is 0 Å². The van der Waals surface area contributed by atoms with E-state index in [4.69, 9.17) is 33.7 Å². The van der Waals surface area contributed by atoms with E-state index < -0.39 is 11.9 Å². The Bertz CT molecular complexity index is 604. The number of ether oxygens (including phenoxy) is 1. The largest absolute Gasteiger partial charge is 0.496 e. The lowest BCUT2D eigenvalue weighted by Gasteiger charge is -2.17. The zero-order chi connectivity index (χ0) is 14.0. The summed E-state index contributed by atoms with van der Waals surface area (Å²) in [5.41, 5.74) is 7.28. The van der Waals surface area contributed by atoms with E-state index in [9.17, 15) is 4.39 Å². The lowest BCUT2D eigenvalue weighted by atomic mass is 9.98. The van der Waals surface area contributed by atoms with E-state index in [1.807, 2.05) is 0 Å². The van der Waals surface area contributed by atoms with E-state index in [0.29, 0.717) is 26.9 Å². The Labute approximate surface area is 120 Å². The molecule has 0 fully saturated rings. The summed E-state index contributed by atoms with van der Waals surface area (Å²) in [5, 5.41) is 0.926. The molecule has 0 aliphatic heterocycles. The molecule has 19 heavy (non-hydrogen) atoms. The fourth-order valence-corrected chi connectivity index (χ4v) is 2.28. The van der Waals surface area contributed by atoms with Gasteiger partial charge in [-0.2, -0.15) is 0 Å². The molecular weight excluding hydrogens is 288 g/mol. The third-order valence-electron chi connectivity index (χ3n) is 2.82. The molecule has 0 saturated carbocycles. The summed E-state index contributed by atoms with van der Waals surface area (Å²) in [6, 6.07) is 8.56. The second-order valence-electron chi connectivity index (χ2n) is 4.03. The number of hydrogen-bond acceptors (Lipinski definition) is 2. The molecule has 0 heterocycles. The average Bonchev–Trinajstić information content (AvgIpc) is 2.40. The molecule has 2 rings (SSSR count). The number of hydrogen-bond donors (Lipinski definition) is 1. The van der Waals surface area contributed by atoms with Crippen LogP contribution in [0.1, 0.15) is 17.2 Å². The van der Waals surface area contributed by atoms with Crippen LogP contribution in [0.25, 0.3) is 0 Å². The molecule has 0 aliphatic rings. The maximum atomic E-state index is 13.3. The van der Waals surface area contributed by atoms with Crippen LogP contribution in [0.5, 0.6) is 5.75 Å². The number of benzene rings is 2. The van der Waals surface area contributed by atoms with Crippen molar-refractivity contribution in [3.05, 3.63) is 63.4 Å². The molecule has 2 aromatic carbocycles. The molecule has 0 radical (unpaired) electrons. The maximum absolute atomic E-state index is 13.3. The summed E-state index contributed by atoms with van der Waals surface area (Å²) in [7, 11) is 1.53. The zero-order valence-electron chi connectivity index (χ0n) is 10.2. The minimum Gasteiger partial charge on any atom is -0.496 e. The Balaban J connectivity index is 2.51. The Hall–Kier alpha value is -1.29. The van der Waals surface area contributed by atoms with E-state index in [1.165, 1.54) is 25.3 Å². The molecule has 2 aromatic rings. The topological polar surface area (TPSA) is 35.2 Å². The standard InChI is InChI=1S/C14H12Cl2FNO/c1-19-13-5-2-8(15)6-11(13)14(18)10-7-9(17)3-4-12(10)16/h2-7,14H,18H2,1H3. The summed E-state index contributed by atoms with van der Waals surface area (Å²) in [6.07, 6.45) is 0. The first-order valence-electron chi connectivity index (χ1n) is 5.57. The average molecular weight is 300 g/mol. The van der Waals surface area contributed by atoms with Gasteiger partial charge in [-0.25, -0.2) is 4.39 Å². The van der Waals surface area contributed by atoms with Gasteiger partial charge in [-0.05, 0) is 42.0 Å². The molecule has 2 N–H and O–H groups in total. The summed E-state index contributed by atoms with van der Waals surface area (Å²) in [6.45, 7) is 0. The fraction of sp³-hybridized carbons (Fsp3) is 0.143. The normalized spacial score (nSPS) is 12.3. The van der Waals surface area contributed by atoms with Crippen LogP contribution in [0.15, 0.2) is 36.4 Å². The highest BCUT2D eigenvalue weighted by molar-refractivity contribution is 6.31. The zero-order valence-corrected chi connectivity index (χ0v) is 11.7. The van der Waals surface area contributed by atoms with Crippen molar-refractivity contribution in [3.63, 3.8) is 0 Å². The van der Waals surface area contributed by atoms with Gasteiger partial charge in [0.1, 0.15) is 11.6 Å². The molecule has 0 spiro atoms. The first-order valence-corrected chi connectivity index (χ1v) is 6.32. The van der Waals surface area contributed by atoms with Gasteiger partial charge in [0, 0.05) is 15.6 Å². The fourth-order valence-electron chi connectivity index (χ4n) is 1.87. The van der Waals surface area contributed by atoms with Crippen LogP contribution in [0, 0.1) is 5.82 Å². The first-order chi connectivity index (χ1) is 9.02. The van der Waals surface area contributed by atoms with Crippen molar-refractivity contribution in [3.8, 4) is 5.75 Å². The molecule has 0 bridgehead atoms. The molecule has 2 nitrogen and oxygen atoms in total. The van der Waals surface area contributed by atoms with Gasteiger partial charge in [-0.15, -0.1) is 0 Å². The summed E-state index contributed by atoms with van der Waals surface area (Å²) < 4.78 is 18.6. The van der Waals surface area contributed by atoms with Gasteiger partial charge >= 0.3 is 0 Å². The van der Waals surface area contributed by atoms with Crippen molar-refractivity contribution < 1.29 is 9.13 Å². The number of methoxy groups -OCH3 is 1. The Morgan fingerprint density at radius 2 is 1.84 bits per heavy atom. The molecular formula is C14H12Cl2FNO. The van der Waals surface area contributed by atoms with Crippen molar-refractivity contribution in [1.82, 2.24) is 0 Å². The lowest BCUT2D eigenvalue weighted by Crippen LogP contribution is -2.14. The van der Waals surface area contributed by atoms with Gasteiger partial charge in [-0.3, -0.25) is 0 Å². The Morgan fingerprint density at radius 3 is 2.53 bits per heavy atom. The lowest BCUT2D eigenvalue weighted by molar-refractivity contribution is 0.408. The highest BCUT2D eigenvalue weighted by atomic mass is 35.5. The maximum Gasteiger partial charge on any atom is 0.124 e. The Kier molecular flexibility index (Phi) is 4.30. The van der Waals surface area contributed by atoms with Gasteiger partial charge in [0.05, 0.1) is 13.2 Å². The van der Waals surface area contributed by atoms with Gasteiger partial charge in [0.2, 0.25) is 0 Å². The molecule has 1 unspecified atom stereocenters. The van der Waals surface area contributed by atoms with Crippen LogP contribution < -0.4 is 10.5 Å². The second-order valence-corrected chi connectivity index (χ2v) is 4.87. The minimum absolute atomic E-state index is 0.393. The SMILES string of the molecule is COc1ccc(Cl)cc1C(N)c1cc(F)ccc1Cl. The third kappa shape index (κ3) is 3.00. The van der Waals surface area contributed by atoms with Crippen molar-refractivity contribution in [2.75, 3.05) is 7.11 Å². The molecule has 5 heteroatoms. The van der Waals surface area contributed by atoms with Crippen LogP contribution in [0.3, 0.4) is 0 Å². The van der Waals surface area contributed by atoms with Crippen LogP contribution in [-0.4, -0.2) is 7.11 Å². The smallest absolute Gasteiger partial charge is 0.124 e. The molecule has 0 aromatic heterocycles. The van der Waals surface area contributed by atoms with E-state index in [-0.39, 0.29) is 0 Å². The van der Waals surface area contributed by atoms with Crippen LogP contribution >= 0.6 is 23.2 Å². The number of rotatable bonds is 3. The molecule has 0 saturated heterocycles. The predicted octanol–water partition coefficient (Wildman–Crippen LogP) is 4.19. The van der Waals surface area contributed by atoms with E-state index in [1.54, 1.807) is 18.2 Å². The van der Waals surface area contributed by atoms with Crippen LogP contribution in [-0.2, 0) is 0 Å². The molecule has 100 valence electrons. The summed E-state index contributed by atoms with van der Waals surface area (Å²) in [4.78, 5) is 0. The van der Waals surface area contributed by atoms with Gasteiger partial charge in [0.15, 0.2) is 0 Å². The first kappa shape index (κ1) is 14.1. The molecule has 0 aliphatic carbocycles. The van der Waals surface area contributed by atoms with Gasteiger partial charge in [0.25, 0.3) is 0 Å². The van der Waals surface area contributed by atoms with Crippen molar-refractivity contribution in [2.45, 2.75) is 6.04 Å². The predicted molar refractivity (Wildman–Crippen MR) is 75.4 cm³/mol. The van der Waals surface area contributed by atoms with Gasteiger partial charge < -0.3 is 10.5 Å². The van der Waals surface area contributed by atoms with E-state index in [2.05, 4.69) is 0 Å². The highest BCUT2D eigenvalue weighted by Crippen LogP contribution is 2.33. The monoisotopic (exact) mass is 299 g/mol. The second kappa shape index (κ2) is 5.78. The van der Waals surface area contributed by atoms with Crippen LogP contribution in [0.2, 0.25) is 10.0 Å². The van der Waals surface area contributed by atoms with Crippen molar-refractivity contribution in [1.29, 1.82) is 0 Å². The van der Waals surface area contributed by atoms with E-state index in [0.717, 1.165) is 0 Å². The Morgan fingerprint density at radius 1 is 1.11 bits per heavy atom. The van der Waals surface area contributed by atoms with Crippen LogP contribution in [0.4, 0.5) is 4.39 Å². The quantitative estimate of drug-likeness (QED) is 0.922.